The van der Waals surface area contributed by atoms with E-state index in [2.05, 4.69) is 4.90 Å². The van der Waals surface area contributed by atoms with E-state index in [-0.39, 0.29) is 6.44 Å². The lowest BCUT2D eigenvalue weighted by Gasteiger charge is -2.34. The fraction of sp³-hybridized carbons (Fsp3) is 1.00. The smallest absolute Gasteiger partial charge is 0.334 e. The summed E-state index contributed by atoms with van der Waals surface area (Å²) in [7, 11) is -2.14. The van der Waals surface area contributed by atoms with Crippen LogP contribution in [0.5, 0.6) is 0 Å². The quantitative estimate of drug-likeness (QED) is 0.565. The number of fused-ring (bicyclic) bond motifs is 1. The predicted molar refractivity (Wildman–Crippen MR) is 48.1 cm³/mol. The lowest BCUT2D eigenvalue weighted by Crippen LogP contribution is -3.16. The summed E-state index contributed by atoms with van der Waals surface area (Å²) in [5.41, 5.74) is 0. The van der Waals surface area contributed by atoms with Gasteiger partial charge in [0.15, 0.2) is 0 Å². The maximum Gasteiger partial charge on any atom is 0.592 e. The number of nitrogens with one attached hydrogen (secondary N) is 1. The molecule has 2 fully saturated rings. The van der Waals surface area contributed by atoms with Gasteiger partial charge in [-0.2, -0.15) is 0 Å². The first kappa shape index (κ1) is 9.40. The largest absolute Gasteiger partial charge is 0.592 e. The summed E-state index contributed by atoms with van der Waals surface area (Å²) >= 11 is 0. The van der Waals surface area contributed by atoms with Crippen molar-refractivity contribution in [3.8, 4) is 0 Å². The van der Waals surface area contributed by atoms with Crippen LogP contribution in [0, 0.1) is 0 Å². The van der Waals surface area contributed by atoms with Crippen molar-refractivity contribution >= 4 is 7.27 Å². The minimum atomic E-state index is -2.14. The Morgan fingerprint density at radius 2 is 2.23 bits per heavy atom. The minimum Gasteiger partial charge on any atom is -0.334 e. The van der Waals surface area contributed by atoms with E-state index >= 15 is 0 Å². The van der Waals surface area contributed by atoms with Crippen LogP contribution in [0.4, 0.5) is 8.63 Å². The van der Waals surface area contributed by atoms with E-state index in [0.29, 0.717) is 6.04 Å². The zero-order valence-corrected chi connectivity index (χ0v) is 7.81. The first-order chi connectivity index (χ1) is 6.25. The van der Waals surface area contributed by atoms with E-state index in [1.807, 2.05) is 0 Å². The standard InChI is InChI=1S/C8H15BF2N2/c10-9(11)7-12-4-5-13-3-1-2-8(13)6-12/h8H,1-7H2/p+1/t8-/m0/s1. The van der Waals surface area contributed by atoms with Crippen molar-refractivity contribution in [2.24, 2.45) is 0 Å². The predicted octanol–water partition coefficient (Wildman–Crippen LogP) is -0.684. The van der Waals surface area contributed by atoms with E-state index in [9.17, 15) is 8.63 Å². The number of piperazine rings is 1. The first-order valence-corrected chi connectivity index (χ1v) is 5.11. The van der Waals surface area contributed by atoms with Crippen LogP contribution in [0.1, 0.15) is 12.8 Å². The monoisotopic (exact) mass is 189 g/mol. The highest BCUT2D eigenvalue weighted by Gasteiger charge is 2.35. The van der Waals surface area contributed by atoms with Crippen LogP contribution in [-0.2, 0) is 0 Å². The molecule has 2 aliphatic heterocycles. The average molecular weight is 189 g/mol. The Kier molecular flexibility index (Phi) is 2.84. The number of rotatable bonds is 2. The van der Waals surface area contributed by atoms with Gasteiger partial charge < -0.3 is 4.90 Å². The molecule has 1 unspecified atom stereocenters. The summed E-state index contributed by atoms with van der Waals surface area (Å²) in [6.45, 7) is 4.05. The van der Waals surface area contributed by atoms with Gasteiger partial charge in [0, 0.05) is 6.54 Å². The molecule has 0 radical (unpaired) electrons. The molecule has 0 saturated carbocycles. The number of hydrogen-bond donors (Lipinski definition) is 1. The van der Waals surface area contributed by atoms with Crippen LogP contribution in [-0.4, -0.2) is 50.8 Å². The molecule has 2 heterocycles. The summed E-state index contributed by atoms with van der Waals surface area (Å²) in [5, 5.41) is 0. The molecule has 0 aromatic carbocycles. The van der Waals surface area contributed by atoms with Crippen LogP contribution in [0.2, 0.25) is 0 Å². The SMILES string of the molecule is FB(F)C[NH+]1CCN2CCC[C@H]2C1. The molecule has 1 N–H and O–H groups in total. The van der Waals surface area contributed by atoms with Gasteiger partial charge in [-0.25, -0.2) is 0 Å². The zero-order chi connectivity index (χ0) is 9.26. The second-order valence-corrected chi connectivity index (χ2v) is 4.13. The fourth-order valence-corrected chi connectivity index (χ4v) is 2.56. The van der Waals surface area contributed by atoms with Gasteiger partial charge in [-0.3, -0.25) is 13.5 Å². The molecule has 0 amide bonds. The van der Waals surface area contributed by atoms with Gasteiger partial charge in [0.2, 0.25) is 0 Å². The highest BCUT2D eigenvalue weighted by atomic mass is 19.2. The lowest BCUT2D eigenvalue weighted by molar-refractivity contribution is -0.898. The molecule has 0 bridgehead atoms. The van der Waals surface area contributed by atoms with E-state index in [1.165, 1.54) is 19.4 Å². The van der Waals surface area contributed by atoms with Crippen LogP contribution < -0.4 is 4.90 Å². The molecule has 0 aromatic rings. The Labute approximate surface area is 78.1 Å². The molecule has 13 heavy (non-hydrogen) atoms. The van der Waals surface area contributed by atoms with Crippen molar-refractivity contribution < 1.29 is 13.5 Å². The van der Waals surface area contributed by atoms with Gasteiger partial charge in [-0.1, -0.05) is 0 Å². The average Bonchev–Trinajstić information content (AvgIpc) is 2.49. The van der Waals surface area contributed by atoms with Gasteiger partial charge in [0.05, 0.1) is 19.1 Å². The van der Waals surface area contributed by atoms with Crippen LogP contribution >= 0.6 is 0 Å². The summed E-state index contributed by atoms with van der Waals surface area (Å²) in [6, 6.07) is 0.600. The third kappa shape index (κ3) is 2.20. The van der Waals surface area contributed by atoms with Crippen molar-refractivity contribution in [3.05, 3.63) is 0 Å². The minimum absolute atomic E-state index is 0.0460. The molecule has 2 atom stereocenters. The van der Waals surface area contributed by atoms with Crippen LogP contribution in [0.25, 0.3) is 0 Å². The Balaban J connectivity index is 1.83. The fourth-order valence-electron chi connectivity index (χ4n) is 2.56. The Morgan fingerprint density at radius 1 is 1.38 bits per heavy atom. The van der Waals surface area contributed by atoms with Crippen LogP contribution in [0.3, 0.4) is 0 Å². The van der Waals surface area contributed by atoms with Gasteiger partial charge in [0.25, 0.3) is 0 Å². The Bertz CT molecular complexity index is 180. The number of halogens is 2. The molecular weight excluding hydrogens is 173 g/mol. The summed E-state index contributed by atoms with van der Waals surface area (Å²) in [6.07, 6.45) is 2.52. The number of quaternary nitrogens is 1. The first-order valence-electron chi connectivity index (χ1n) is 5.11. The lowest BCUT2D eigenvalue weighted by atomic mass is 9.97. The Morgan fingerprint density at radius 3 is 3.00 bits per heavy atom. The molecular formula is C8H16BF2N2+. The van der Waals surface area contributed by atoms with Crippen molar-refractivity contribution in [1.82, 2.24) is 4.90 Å². The summed E-state index contributed by atoms with van der Waals surface area (Å²) in [5.74, 6) is 0. The maximum atomic E-state index is 12.1. The zero-order valence-electron chi connectivity index (χ0n) is 7.81. The third-order valence-electron chi connectivity index (χ3n) is 3.22. The number of nitrogens with zero attached hydrogens (tertiary/aromatic N) is 1. The van der Waals surface area contributed by atoms with E-state index in [1.54, 1.807) is 0 Å². The molecule has 74 valence electrons. The van der Waals surface area contributed by atoms with Gasteiger partial charge >= 0.3 is 7.27 Å². The van der Waals surface area contributed by atoms with Crippen molar-refractivity contribution in [3.63, 3.8) is 0 Å². The molecule has 0 aliphatic carbocycles. The van der Waals surface area contributed by atoms with E-state index in [0.717, 1.165) is 24.5 Å². The Hall–Kier alpha value is -0.155. The van der Waals surface area contributed by atoms with Gasteiger partial charge in [-0.05, 0) is 19.4 Å². The molecule has 2 rings (SSSR count). The highest BCUT2D eigenvalue weighted by Crippen LogP contribution is 2.16. The molecule has 0 aromatic heterocycles. The molecule has 5 heteroatoms. The topological polar surface area (TPSA) is 7.68 Å². The number of hydrogen-bond acceptors (Lipinski definition) is 1. The molecule has 2 saturated heterocycles. The second-order valence-electron chi connectivity index (χ2n) is 4.13. The van der Waals surface area contributed by atoms with E-state index in [4.69, 9.17) is 0 Å². The molecule has 2 aliphatic rings. The van der Waals surface area contributed by atoms with Gasteiger partial charge in [0.1, 0.15) is 6.44 Å². The van der Waals surface area contributed by atoms with Crippen molar-refractivity contribution in [1.29, 1.82) is 0 Å². The van der Waals surface area contributed by atoms with Crippen molar-refractivity contribution in [2.45, 2.75) is 18.9 Å². The summed E-state index contributed by atoms with van der Waals surface area (Å²) < 4.78 is 24.3. The maximum absolute atomic E-state index is 12.1. The highest BCUT2D eigenvalue weighted by molar-refractivity contribution is 6.42. The van der Waals surface area contributed by atoms with Crippen LogP contribution in [0.15, 0.2) is 0 Å². The van der Waals surface area contributed by atoms with Crippen molar-refractivity contribution in [2.75, 3.05) is 32.6 Å². The summed E-state index contributed by atoms with van der Waals surface area (Å²) in [4.78, 5) is 3.55. The molecule has 0 spiro atoms. The van der Waals surface area contributed by atoms with E-state index < -0.39 is 7.27 Å². The van der Waals surface area contributed by atoms with Gasteiger partial charge in [-0.15, -0.1) is 0 Å². The second kappa shape index (κ2) is 3.92. The third-order valence-corrected chi connectivity index (χ3v) is 3.22. The molecule has 2 nitrogen and oxygen atoms in total. The normalized spacial score (nSPS) is 34.6.